The van der Waals surface area contributed by atoms with E-state index in [4.69, 9.17) is 4.52 Å². The van der Waals surface area contributed by atoms with E-state index in [9.17, 15) is 4.79 Å². The van der Waals surface area contributed by atoms with Crippen molar-refractivity contribution in [3.63, 3.8) is 0 Å². The number of likely N-dealkylation sites (N-methyl/N-ethyl adjacent to an activating group) is 1. The molecule has 1 atom stereocenters. The Labute approximate surface area is 177 Å². The van der Waals surface area contributed by atoms with Gasteiger partial charge in [0, 0.05) is 43.2 Å². The Morgan fingerprint density at radius 2 is 1.90 bits per heavy atom. The highest BCUT2D eigenvalue weighted by Gasteiger charge is 2.29. The van der Waals surface area contributed by atoms with E-state index < -0.39 is 0 Å². The number of aryl methyl sites for hydroxylation is 2. The number of carbonyl (C=O) groups is 1. The summed E-state index contributed by atoms with van der Waals surface area (Å²) in [6, 6.07) is 14.3. The van der Waals surface area contributed by atoms with Crippen molar-refractivity contribution >= 4 is 12.0 Å². The first kappa shape index (κ1) is 20.2. The Morgan fingerprint density at radius 3 is 2.60 bits per heavy atom. The van der Waals surface area contributed by atoms with Gasteiger partial charge in [0.15, 0.2) is 5.82 Å². The number of rotatable bonds is 4. The van der Waals surface area contributed by atoms with E-state index in [-0.39, 0.29) is 11.9 Å². The van der Waals surface area contributed by atoms with Crippen molar-refractivity contribution < 1.29 is 9.32 Å². The maximum atomic E-state index is 13.1. The van der Waals surface area contributed by atoms with Crippen LogP contribution in [0.25, 0.3) is 11.9 Å². The van der Waals surface area contributed by atoms with Crippen molar-refractivity contribution in [2.45, 2.75) is 26.8 Å². The van der Waals surface area contributed by atoms with Crippen LogP contribution in [-0.2, 0) is 4.79 Å². The number of aromatic nitrogens is 2. The number of hydrogen-bond donors (Lipinski definition) is 0. The second kappa shape index (κ2) is 8.32. The summed E-state index contributed by atoms with van der Waals surface area (Å²) >= 11 is 0. The Morgan fingerprint density at radius 1 is 1.13 bits per heavy atom. The third-order valence-corrected chi connectivity index (χ3v) is 5.77. The van der Waals surface area contributed by atoms with Crippen LogP contribution in [0.1, 0.15) is 34.3 Å². The Kier molecular flexibility index (Phi) is 5.59. The largest absolute Gasteiger partial charge is 0.360 e. The van der Waals surface area contributed by atoms with Gasteiger partial charge in [-0.3, -0.25) is 9.36 Å². The molecule has 0 N–H and O–H groups in total. The van der Waals surface area contributed by atoms with E-state index in [0.29, 0.717) is 0 Å². The zero-order chi connectivity index (χ0) is 21.3. The lowest BCUT2D eigenvalue weighted by atomic mass is 10.0. The van der Waals surface area contributed by atoms with E-state index in [2.05, 4.69) is 35.3 Å². The van der Waals surface area contributed by atoms with Gasteiger partial charge in [-0.2, -0.15) is 0 Å². The topological polar surface area (TPSA) is 54.5 Å². The van der Waals surface area contributed by atoms with Gasteiger partial charge in [-0.25, -0.2) is 0 Å². The molecule has 3 aromatic rings. The Hall–Kier alpha value is -3.12. The van der Waals surface area contributed by atoms with Gasteiger partial charge in [-0.1, -0.05) is 35.5 Å². The summed E-state index contributed by atoms with van der Waals surface area (Å²) in [7, 11) is 2.11. The van der Waals surface area contributed by atoms with Crippen molar-refractivity contribution in [1.29, 1.82) is 0 Å². The van der Waals surface area contributed by atoms with Crippen LogP contribution in [0, 0.1) is 20.8 Å². The summed E-state index contributed by atoms with van der Waals surface area (Å²) < 4.78 is 7.27. The van der Waals surface area contributed by atoms with Crippen LogP contribution in [0.15, 0.2) is 53.1 Å². The normalized spacial score (nSPS) is 17.7. The van der Waals surface area contributed by atoms with Gasteiger partial charge in [0.05, 0.1) is 6.04 Å². The first-order valence-electron chi connectivity index (χ1n) is 10.3. The summed E-state index contributed by atoms with van der Waals surface area (Å²) in [5.74, 6) is 1.57. The van der Waals surface area contributed by atoms with Crippen LogP contribution in [0.3, 0.4) is 0 Å². The lowest BCUT2D eigenvalue weighted by Crippen LogP contribution is -2.48. The number of carbonyl (C=O) groups excluding carboxylic acids is 1. The van der Waals surface area contributed by atoms with Gasteiger partial charge in [0.1, 0.15) is 5.76 Å². The predicted octanol–water partition coefficient (Wildman–Crippen LogP) is 3.92. The monoisotopic (exact) mass is 404 g/mol. The maximum absolute atomic E-state index is 13.1. The molecule has 4 rings (SSSR count). The zero-order valence-corrected chi connectivity index (χ0v) is 18.0. The molecule has 3 heterocycles. The van der Waals surface area contributed by atoms with E-state index in [0.717, 1.165) is 48.2 Å². The molecule has 30 heavy (non-hydrogen) atoms. The number of piperazine rings is 1. The van der Waals surface area contributed by atoms with Crippen LogP contribution < -0.4 is 0 Å². The van der Waals surface area contributed by atoms with Crippen molar-refractivity contribution in [1.82, 2.24) is 19.5 Å². The fraction of sp³-hybridized carbons (Fsp3) is 0.333. The summed E-state index contributed by atoms with van der Waals surface area (Å²) in [5, 5.41) is 4.12. The molecule has 1 saturated heterocycles. The molecule has 2 aromatic heterocycles. The second-order valence-corrected chi connectivity index (χ2v) is 8.01. The molecule has 0 radical (unpaired) electrons. The minimum atomic E-state index is 0.0408. The van der Waals surface area contributed by atoms with E-state index in [1.165, 1.54) is 5.56 Å². The third-order valence-electron chi connectivity index (χ3n) is 5.77. The van der Waals surface area contributed by atoms with Crippen LogP contribution in [0.5, 0.6) is 0 Å². The molecule has 1 amide bonds. The SMILES string of the molecule is Cc1cc(-n2c(C)cc(C=CC(=O)N3CCN(C)CC3c3ccccc3)c2C)no1. The molecule has 0 saturated carbocycles. The third kappa shape index (κ3) is 3.96. The lowest BCUT2D eigenvalue weighted by Gasteiger charge is -2.39. The average molecular weight is 405 g/mol. The Balaban J connectivity index is 1.57. The molecular formula is C24H28N4O2. The standard InChI is InChI=1S/C24H28N4O2/c1-17-14-21(19(3)28(17)23-15-18(2)30-25-23)10-11-24(29)27-13-12-26(4)16-22(27)20-8-6-5-7-9-20/h5-11,14-15,22H,12-13,16H2,1-4H3. The molecule has 6 heteroatoms. The molecule has 1 aromatic carbocycles. The highest BCUT2D eigenvalue weighted by atomic mass is 16.5. The average Bonchev–Trinajstić information content (AvgIpc) is 3.28. The van der Waals surface area contributed by atoms with E-state index in [1.807, 2.05) is 60.6 Å². The molecule has 0 spiro atoms. The molecular weight excluding hydrogens is 376 g/mol. The fourth-order valence-electron chi connectivity index (χ4n) is 4.17. The minimum absolute atomic E-state index is 0.0408. The number of amides is 1. The van der Waals surface area contributed by atoms with Crippen molar-refractivity contribution in [2.75, 3.05) is 26.7 Å². The fourth-order valence-corrected chi connectivity index (χ4v) is 4.17. The van der Waals surface area contributed by atoms with Gasteiger partial charge in [0.2, 0.25) is 5.91 Å². The van der Waals surface area contributed by atoms with Gasteiger partial charge in [0.25, 0.3) is 0 Å². The van der Waals surface area contributed by atoms with Gasteiger partial charge < -0.3 is 14.3 Å². The van der Waals surface area contributed by atoms with E-state index >= 15 is 0 Å². The van der Waals surface area contributed by atoms with Gasteiger partial charge in [-0.05, 0) is 51.1 Å². The summed E-state index contributed by atoms with van der Waals surface area (Å²) in [6.45, 7) is 8.37. The molecule has 156 valence electrons. The lowest BCUT2D eigenvalue weighted by molar-refractivity contribution is -0.130. The predicted molar refractivity (Wildman–Crippen MR) is 117 cm³/mol. The second-order valence-electron chi connectivity index (χ2n) is 8.01. The first-order chi connectivity index (χ1) is 14.4. The Bertz CT molecular complexity index is 1060. The van der Waals surface area contributed by atoms with Crippen LogP contribution in [0.4, 0.5) is 0 Å². The van der Waals surface area contributed by atoms with Crippen LogP contribution in [0.2, 0.25) is 0 Å². The molecule has 1 unspecified atom stereocenters. The molecule has 0 aliphatic carbocycles. The highest BCUT2D eigenvalue weighted by Crippen LogP contribution is 2.26. The number of hydrogen-bond acceptors (Lipinski definition) is 4. The summed E-state index contributed by atoms with van der Waals surface area (Å²) in [6.07, 6.45) is 3.61. The summed E-state index contributed by atoms with van der Waals surface area (Å²) in [4.78, 5) is 17.4. The first-order valence-corrected chi connectivity index (χ1v) is 10.3. The number of benzene rings is 1. The van der Waals surface area contributed by atoms with E-state index in [1.54, 1.807) is 6.08 Å². The summed E-state index contributed by atoms with van der Waals surface area (Å²) in [5.41, 5.74) is 4.26. The molecule has 6 nitrogen and oxygen atoms in total. The van der Waals surface area contributed by atoms with Crippen molar-refractivity contribution in [3.05, 3.63) is 76.8 Å². The van der Waals surface area contributed by atoms with Crippen molar-refractivity contribution in [3.8, 4) is 5.82 Å². The number of nitrogens with zero attached hydrogens (tertiary/aromatic N) is 4. The minimum Gasteiger partial charge on any atom is -0.360 e. The quantitative estimate of drug-likeness (QED) is 0.619. The van der Waals surface area contributed by atoms with Crippen molar-refractivity contribution in [2.24, 2.45) is 0 Å². The molecule has 1 aliphatic heterocycles. The van der Waals surface area contributed by atoms with Crippen LogP contribution >= 0.6 is 0 Å². The molecule has 1 fully saturated rings. The molecule has 0 bridgehead atoms. The van der Waals surface area contributed by atoms with Gasteiger partial charge in [-0.15, -0.1) is 0 Å². The van der Waals surface area contributed by atoms with Crippen LogP contribution in [-0.4, -0.2) is 52.1 Å². The smallest absolute Gasteiger partial charge is 0.247 e. The highest BCUT2D eigenvalue weighted by molar-refractivity contribution is 5.92. The molecule has 1 aliphatic rings. The van der Waals surface area contributed by atoms with Gasteiger partial charge >= 0.3 is 0 Å². The maximum Gasteiger partial charge on any atom is 0.247 e. The zero-order valence-electron chi connectivity index (χ0n) is 18.0.